The lowest BCUT2D eigenvalue weighted by atomic mass is 9.94. The number of ether oxygens (including phenoxy) is 1. The molecule has 0 aliphatic rings. The van der Waals surface area contributed by atoms with Crippen molar-refractivity contribution in [1.29, 1.82) is 0 Å². The molecule has 106 valence electrons. The maximum Gasteiger partial charge on any atom is 0.123 e. The normalized spacial score (nSPS) is 11.4. The highest BCUT2D eigenvalue weighted by Crippen LogP contribution is 2.24. The first-order chi connectivity index (χ1) is 9.53. The average Bonchev–Trinajstić information content (AvgIpc) is 2.46. The predicted molar refractivity (Wildman–Crippen MR) is 87.0 cm³/mol. The van der Waals surface area contributed by atoms with Gasteiger partial charge in [0, 0.05) is 22.1 Å². The van der Waals surface area contributed by atoms with E-state index in [9.17, 15) is 0 Å². The van der Waals surface area contributed by atoms with Crippen LogP contribution in [-0.2, 0) is 12.1 Å². The predicted octanol–water partition coefficient (Wildman–Crippen LogP) is 4.48. The third kappa shape index (κ3) is 3.62. The zero-order valence-electron chi connectivity index (χ0n) is 12.1. The first kappa shape index (κ1) is 15.1. The van der Waals surface area contributed by atoms with Crippen LogP contribution >= 0.6 is 15.9 Å². The van der Waals surface area contributed by atoms with E-state index in [0.29, 0.717) is 0 Å². The third-order valence-corrected chi connectivity index (χ3v) is 4.01. The largest absolute Gasteiger partial charge is 0.496 e. The molecule has 0 bridgehead atoms. The van der Waals surface area contributed by atoms with E-state index in [0.717, 1.165) is 16.8 Å². The summed E-state index contributed by atoms with van der Waals surface area (Å²) in [6.45, 7) is 5.14. The molecule has 0 aliphatic carbocycles. The zero-order valence-corrected chi connectivity index (χ0v) is 13.7. The Balaban J connectivity index is 2.10. The summed E-state index contributed by atoms with van der Waals surface area (Å²) in [5.74, 6) is 0.923. The fourth-order valence-corrected chi connectivity index (χ4v) is 2.40. The van der Waals surface area contributed by atoms with Gasteiger partial charge in [0.25, 0.3) is 0 Å². The molecule has 0 saturated carbocycles. The molecule has 2 nitrogen and oxygen atoms in total. The topological polar surface area (TPSA) is 21.3 Å². The van der Waals surface area contributed by atoms with E-state index >= 15 is 0 Å². The first-order valence-corrected chi connectivity index (χ1v) is 7.45. The molecule has 2 aromatic carbocycles. The first-order valence-electron chi connectivity index (χ1n) is 6.66. The molecule has 0 fully saturated rings. The molecule has 20 heavy (non-hydrogen) atoms. The van der Waals surface area contributed by atoms with Gasteiger partial charge >= 0.3 is 0 Å². The Morgan fingerprint density at radius 3 is 2.35 bits per heavy atom. The monoisotopic (exact) mass is 333 g/mol. The molecule has 2 aromatic rings. The Morgan fingerprint density at radius 2 is 1.70 bits per heavy atom. The molecule has 1 N–H and O–H groups in total. The molecule has 0 unspecified atom stereocenters. The number of methoxy groups -OCH3 is 1. The minimum Gasteiger partial charge on any atom is -0.496 e. The molecule has 0 aliphatic heterocycles. The molecule has 0 amide bonds. The lowest BCUT2D eigenvalue weighted by molar-refractivity contribution is 0.381. The summed E-state index contributed by atoms with van der Waals surface area (Å²) in [7, 11) is 1.71. The highest BCUT2D eigenvalue weighted by Gasteiger charge is 2.19. The van der Waals surface area contributed by atoms with Gasteiger partial charge in [0.15, 0.2) is 0 Å². The number of benzene rings is 2. The number of para-hydroxylation sites is 1. The summed E-state index contributed by atoms with van der Waals surface area (Å²) < 4.78 is 6.48. The van der Waals surface area contributed by atoms with Gasteiger partial charge in [0.1, 0.15) is 5.75 Å². The summed E-state index contributed by atoms with van der Waals surface area (Å²) in [6.07, 6.45) is 0. The van der Waals surface area contributed by atoms with Crippen molar-refractivity contribution in [3.8, 4) is 5.75 Å². The number of nitrogens with one attached hydrogen (secondary N) is 1. The maximum absolute atomic E-state index is 5.39. The molecule has 0 saturated heterocycles. The minimum atomic E-state index is -0.0957. The maximum atomic E-state index is 5.39. The fourth-order valence-electron chi connectivity index (χ4n) is 2.13. The van der Waals surface area contributed by atoms with Gasteiger partial charge in [-0.15, -0.1) is 0 Å². The third-order valence-electron chi connectivity index (χ3n) is 3.48. The van der Waals surface area contributed by atoms with E-state index in [-0.39, 0.29) is 5.54 Å². The Labute approximate surface area is 129 Å². The van der Waals surface area contributed by atoms with Crippen LogP contribution in [0.4, 0.5) is 0 Å². The second-order valence-corrected chi connectivity index (χ2v) is 6.21. The molecule has 2 rings (SSSR count). The van der Waals surface area contributed by atoms with Crippen LogP contribution in [0.3, 0.4) is 0 Å². The van der Waals surface area contributed by atoms with Gasteiger partial charge in [-0.1, -0.05) is 46.3 Å². The van der Waals surface area contributed by atoms with Gasteiger partial charge in [0.05, 0.1) is 7.11 Å². The molecule has 3 heteroatoms. The quantitative estimate of drug-likeness (QED) is 0.870. The van der Waals surface area contributed by atoms with Crippen LogP contribution in [0.2, 0.25) is 0 Å². The highest BCUT2D eigenvalue weighted by atomic mass is 79.9. The van der Waals surface area contributed by atoms with Gasteiger partial charge < -0.3 is 10.1 Å². The molecular formula is C17H20BrNO. The van der Waals surface area contributed by atoms with Crippen LogP contribution in [0.5, 0.6) is 5.75 Å². The standard InChI is InChI=1S/C17H20BrNO/c1-17(2,14-8-10-15(18)11-9-14)19-12-13-6-4-5-7-16(13)20-3/h4-11,19H,12H2,1-3H3. The zero-order chi connectivity index (χ0) is 14.6. The van der Waals surface area contributed by atoms with Crippen LogP contribution in [0.1, 0.15) is 25.0 Å². The van der Waals surface area contributed by atoms with E-state index in [1.54, 1.807) is 7.11 Å². The second kappa shape index (κ2) is 6.42. The molecule has 0 aromatic heterocycles. The van der Waals surface area contributed by atoms with Crippen LogP contribution in [0, 0.1) is 0 Å². The SMILES string of the molecule is COc1ccccc1CNC(C)(C)c1ccc(Br)cc1. The number of halogens is 1. The number of rotatable bonds is 5. The Morgan fingerprint density at radius 1 is 1.05 bits per heavy atom. The van der Waals surface area contributed by atoms with Crippen molar-refractivity contribution >= 4 is 15.9 Å². The van der Waals surface area contributed by atoms with Gasteiger partial charge in [-0.25, -0.2) is 0 Å². The number of hydrogen-bond donors (Lipinski definition) is 1. The van der Waals surface area contributed by atoms with Gasteiger partial charge in [0.2, 0.25) is 0 Å². The highest BCUT2D eigenvalue weighted by molar-refractivity contribution is 9.10. The summed E-state index contributed by atoms with van der Waals surface area (Å²) >= 11 is 3.47. The van der Waals surface area contributed by atoms with Crippen LogP contribution in [0.25, 0.3) is 0 Å². The Hall–Kier alpha value is -1.32. The summed E-state index contributed by atoms with van der Waals surface area (Å²) in [4.78, 5) is 0. The van der Waals surface area contributed by atoms with Crippen molar-refractivity contribution in [1.82, 2.24) is 5.32 Å². The van der Waals surface area contributed by atoms with Crippen molar-refractivity contribution in [2.75, 3.05) is 7.11 Å². The van der Waals surface area contributed by atoms with E-state index in [2.05, 4.69) is 65.4 Å². The number of hydrogen-bond acceptors (Lipinski definition) is 2. The van der Waals surface area contributed by atoms with Crippen LogP contribution < -0.4 is 10.1 Å². The molecule has 0 radical (unpaired) electrons. The fraction of sp³-hybridized carbons (Fsp3) is 0.294. The van der Waals surface area contributed by atoms with Crippen molar-refractivity contribution in [2.45, 2.75) is 25.9 Å². The van der Waals surface area contributed by atoms with Crippen molar-refractivity contribution in [3.63, 3.8) is 0 Å². The molecule has 0 spiro atoms. The minimum absolute atomic E-state index is 0.0957. The smallest absolute Gasteiger partial charge is 0.123 e. The van der Waals surface area contributed by atoms with Gasteiger partial charge in [-0.2, -0.15) is 0 Å². The second-order valence-electron chi connectivity index (χ2n) is 5.30. The summed E-state index contributed by atoms with van der Waals surface area (Å²) in [5.41, 5.74) is 2.33. The van der Waals surface area contributed by atoms with E-state index < -0.39 is 0 Å². The summed E-state index contributed by atoms with van der Waals surface area (Å²) in [5, 5.41) is 3.59. The van der Waals surface area contributed by atoms with Crippen LogP contribution in [0.15, 0.2) is 53.0 Å². The van der Waals surface area contributed by atoms with Crippen molar-refractivity contribution < 1.29 is 4.74 Å². The van der Waals surface area contributed by atoms with Gasteiger partial charge in [-0.05, 0) is 37.6 Å². The van der Waals surface area contributed by atoms with Crippen molar-refractivity contribution in [3.05, 3.63) is 64.1 Å². The molecular weight excluding hydrogens is 314 g/mol. The Bertz CT molecular complexity index is 563. The van der Waals surface area contributed by atoms with E-state index in [1.165, 1.54) is 11.1 Å². The Kier molecular flexibility index (Phi) is 4.84. The molecule has 0 atom stereocenters. The average molecular weight is 334 g/mol. The lowest BCUT2D eigenvalue weighted by Crippen LogP contribution is -2.36. The van der Waals surface area contributed by atoms with E-state index in [4.69, 9.17) is 4.74 Å². The van der Waals surface area contributed by atoms with E-state index in [1.807, 2.05) is 18.2 Å². The summed E-state index contributed by atoms with van der Waals surface area (Å²) in [6, 6.07) is 16.5. The van der Waals surface area contributed by atoms with Gasteiger partial charge in [-0.3, -0.25) is 0 Å². The lowest BCUT2D eigenvalue weighted by Gasteiger charge is -2.27. The van der Waals surface area contributed by atoms with Crippen LogP contribution in [-0.4, -0.2) is 7.11 Å². The van der Waals surface area contributed by atoms with Crippen molar-refractivity contribution in [2.24, 2.45) is 0 Å². The molecule has 0 heterocycles.